The number of ether oxygens (including phenoxy) is 1. The first-order chi connectivity index (χ1) is 9.90. The van der Waals surface area contributed by atoms with Crippen molar-refractivity contribution >= 4 is 34.2 Å². The van der Waals surface area contributed by atoms with Gasteiger partial charge in [0.05, 0.1) is 20.1 Å². The summed E-state index contributed by atoms with van der Waals surface area (Å²) in [7, 11) is 0. The van der Waals surface area contributed by atoms with Gasteiger partial charge in [0.1, 0.15) is 6.61 Å². The number of nitro groups is 1. The van der Waals surface area contributed by atoms with E-state index < -0.39 is 10.9 Å². The summed E-state index contributed by atoms with van der Waals surface area (Å²) >= 11 is 1.83. The van der Waals surface area contributed by atoms with Crippen molar-refractivity contribution < 1.29 is 19.6 Å². The van der Waals surface area contributed by atoms with E-state index in [1.807, 2.05) is 28.7 Å². The molecule has 8 heteroatoms. The Morgan fingerprint density at radius 3 is 2.76 bits per heavy atom. The molecule has 0 saturated carbocycles. The van der Waals surface area contributed by atoms with Crippen LogP contribution in [-0.4, -0.2) is 22.6 Å². The Morgan fingerprint density at radius 1 is 1.62 bits per heavy atom. The molecular formula is C13H11IN2O5. The minimum Gasteiger partial charge on any atom is -0.482 e. The molecule has 1 aromatic rings. The van der Waals surface area contributed by atoms with Crippen LogP contribution in [0, 0.1) is 25.0 Å². The lowest BCUT2D eigenvalue weighted by atomic mass is 10.2. The van der Waals surface area contributed by atoms with Crippen LogP contribution in [0.3, 0.4) is 0 Å². The summed E-state index contributed by atoms with van der Waals surface area (Å²) in [4.78, 5) is 21.2. The number of halogens is 1. The summed E-state index contributed by atoms with van der Waals surface area (Å²) in [6, 6.07) is 4.42. The third-order valence-corrected chi connectivity index (χ3v) is 3.36. The molecule has 0 bridgehead atoms. The van der Waals surface area contributed by atoms with E-state index in [0.29, 0.717) is 9.99 Å². The van der Waals surface area contributed by atoms with Crippen molar-refractivity contribution in [3.63, 3.8) is 0 Å². The van der Waals surface area contributed by atoms with Gasteiger partial charge in [0.2, 0.25) is 5.75 Å². The Balaban J connectivity index is 3.06. The van der Waals surface area contributed by atoms with Crippen molar-refractivity contribution in [3.8, 4) is 11.8 Å². The highest BCUT2D eigenvalue weighted by molar-refractivity contribution is 14.1. The summed E-state index contributed by atoms with van der Waals surface area (Å²) in [5.74, 6) is -1.03. The third-order valence-electron chi connectivity index (χ3n) is 2.56. The van der Waals surface area contributed by atoms with E-state index in [0.717, 1.165) is 6.07 Å². The summed E-state index contributed by atoms with van der Waals surface area (Å²) in [6.07, 6.45) is 1.69. The van der Waals surface area contributed by atoms with Crippen LogP contribution >= 0.6 is 22.6 Å². The van der Waals surface area contributed by atoms with Crippen molar-refractivity contribution in [2.45, 2.75) is 13.3 Å². The lowest BCUT2D eigenvalue weighted by Crippen LogP contribution is -2.05. The van der Waals surface area contributed by atoms with Crippen molar-refractivity contribution in [1.82, 2.24) is 0 Å². The molecule has 0 atom stereocenters. The molecule has 1 aromatic carbocycles. The van der Waals surface area contributed by atoms with E-state index in [2.05, 4.69) is 0 Å². The normalized spacial score (nSPS) is 10.8. The first kappa shape index (κ1) is 16.9. The Kier molecular flexibility index (Phi) is 6.10. The zero-order valence-corrected chi connectivity index (χ0v) is 13.2. The molecule has 0 radical (unpaired) electrons. The second-order valence-corrected chi connectivity index (χ2v) is 5.04. The average Bonchev–Trinajstić information content (AvgIpc) is 2.43. The SMILES string of the molecule is CCC(=CCOc1c(I)cc(C#N)cc1[N+](=O)[O-])C(=O)O. The van der Waals surface area contributed by atoms with E-state index in [4.69, 9.17) is 15.1 Å². The number of carboxylic acids is 1. The maximum atomic E-state index is 11.0. The van der Waals surface area contributed by atoms with Gasteiger partial charge in [0, 0.05) is 11.6 Å². The zero-order valence-electron chi connectivity index (χ0n) is 11.0. The van der Waals surface area contributed by atoms with Crippen LogP contribution in [0.4, 0.5) is 5.69 Å². The Bertz CT molecular complexity index is 649. The molecular weight excluding hydrogens is 391 g/mol. The number of nitrogens with zero attached hydrogens (tertiary/aromatic N) is 2. The van der Waals surface area contributed by atoms with Gasteiger partial charge >= 0.3 is 11.7 Å². The molecule has 110 valence electrons. The van der Waals surface area contributed by atoms with Gasteiger partial charge in [0.15, 0.2) is 0 Å². The zero-order chi connectivity index (χ0) is 16.0. The van der Waals surface area contributed by atoms with Crippen molar-refractivity contribution in [2.24, 2.45) is 0 Å². The predicted octanol–water partition coefficient (Wildman–Crippen LogP) is 2.87. The van der Waals surface area contributed by atoms with Gasteiger partial charge in [0.25, 0.3) is 0 Å². The molecule has 0 fully saturated rings. The molecule has 0 aliphatic heterocycles. The largest absolute Gasteiger partial charge is 0.482 e. The fourth-order valence-electron chi connectivity index (χ4n) is 1.53. The Labute approximate surface area is 134 Å². The van der Waals surface area contributed by atoms with Crippen LogP contribution in [0.2, 0.25) is 0 Å². The van der Waals surface area contributed by atoms with Gasteiger partial charge < -0.3 is 9.84 Å². The number of carboxylic acid groups (broad SMARTS) is 1. The van der Waals surface area contributed by atoms with Gasteiger partial charge in [-0.2, -0.15) is 5.26 Å². The quantitative estimate of drug-likeness (QED) is 0.339. The molecule has 0 heterocycles. The van der Waals surface area contributed by atoms with Gasteiger partial charge in [-0.25, -0.2) is 4.79 Å². The minimum atomic E-state index is -1.05. The smallest absolute Gasteiger partial charge is 0.331 e. The highest BCUT2D eigenvalue weighted by Crippen LogP contribution is 2.33. The van der Waals surface area contributed by atoms with Crippen LogP contribution in [0.15, 0.2) is 23.8 Å². The fraction of sp³-hybridized carbons (Fsp3) is 0.231. The Morgan fingerprint density at radius 2 is 2.29 bits per heavy atom. The fourth-order valence-corrected chi connectivity index (χ4v) is 2.30. The van der Waals surface area contributed by atoms with Crippen LogP contribution in [0.5, 0.6) is 5.75 Å². The molecule has 0 spiro atoms. The number of nitro benzene ring substituents is 1. The summed E-state index contributed by atoms with van der Waals surface area (Å²) in [5.41, 5.74) is 0.00954. The number of carbonyl (C=O) groups is 1. The molecule has 1 rings (SSSR count). The highest BCUT2D eigenvalue weighted by Gasteiger charge is 2.20. The first-order valence-corrected chi connectivity index (χ1v) is 6.91. The number of rotatable bonds is 6. The van der Waals surface area contributed by atoms with E-state index >= 15 is 0 Å². The van der Waals surface area contributed by atoms with Gasteiger partial charge in [-0.1, -0.05) is 6.92 Å². The molecule has 0 amide bonds. The first-order valence-electron chi connectivity index (χ1n) is 5.83. The van der Waals surface area contributed by atoms with Gasteiger partial charge in [-0.3, -0.25) is 10.1 Å². The summed E-state index contributed by atoms with van der Waals surface area (Å²) in [5, 5.41) is 28.7. The molecule has 0 aliphatic carbocycles. The lowest BCUT2D eigenvalue weighted by molar-refractivity contribution is -0.385. The molecule has 0 aromatic heterocycles. The maximum absolute atomic E-state index is 11.0. The second-order valence-electron chi connectivity index (χ2n) is 3.87. The number of hydrogen-bond donors (Lipinski definition) is 1. The average molecular weight is 402 g/mol. The van der Waals surface area contributed by atoms with Crippen LogP contribution < -0.4 is 4.74 Å². The molecule has 0 aliphatic rings. The van der Waals surface area contributed by atoms with Crippen LogP contribution in [0.1, 0.15) is 18.9 Å². The monoisotopic (exact) mass is 402 g/mol. The molecule has 0 unspecified atom stereocenters. The third kappa shape index (κ3) is 4.42. The lowest BCUT2D eigenvalue weighted by Gasteiger charge is -2.07. The summed E-state index contributed by atoms with van der Waals surface area (Å²) in [6.45, 7) is 1.59. The highest BCUT2D eigenvalue weighted by atomic mass is 127. The maximum Gasteiger partial charge on any atom is 0.331 e. The molecule has 1 N–H and O–H groups in total. The van der Waals surface area contributed by atoms with Crippen LogP contribution in [0.25, 0.3) is 0 Å². The van der Waals surface area contributed by atoms with E-state index in [9.17, 15) is 14.9 Å². The van der Waals surface area contributed by atoms with Gasteiger partial charge in [-0.15, -0.1) is 0 Å². The van der Waals surface area contributed by atoms with E-state index in [1.165, 1.54) is 12.1 Å². The number of nitriles is 1. The predicted molar refractivity (Wildman–Crippen MR) is 82.0 cm³/mol. The number of hydrogen-bond acceptors (Lipinski definition) is 5. The molecule has 7 nitrogen and oxygen atoms in total. The van der Waals surface area contributed by atoms with Gasteiger partial charge in [-0.05, 0) is 41.2 Å². The number of aliphatic carboxylic acids is 1. The van der Waals surface area contributed by atoms with Crippen molar-refractivity contribution in [2.75, 3.05) is 6.61 Å². The van der Waals surface area contributed by atoms with Crippen molar-refractivity contribution in [3.05, 3.63) is 43.0 Å². The van der Waals surface area contributed by atoms with Crippen molar-refractivity contribution in [1.29, 1.82) is 5.26 Å². The minimum absolute atomic E-state index is 0.0247. The molecule has 21 heavy (non-hydrogen) atoms. The van der Waals surface area contributed by atoms with E-state index in [-0.39, 0.29) is 29.2 Å². The Hall–Kier alpha value is -2.15. The number of benzene rings is 1. The standard InChI is InChI=1S/C13H11IN2O5/c1-2-9(13(17)18)3-4-21-12-10(14)5-8(7-15)6-11(12)16(19)20/h3,5-6H,2,4H2,1H3,(H,17,18). The van der Waals surface area contributed by atoms with E-state index in [1.54, 1.807) is 6.92 Å². The molecule has 0 saturated heterocycles. The summed E-state index contributed by atoms with van der Waals surface area (Å²) < 4.78 is 5.73. The van der Waals surface area contributed by atoms with Crippen LogP contribution in [-0.2, 0) is 4.79 Å². The topological polar surface area (TPSA) is 113 Å². The second kappa shape index (κ2) is 7.58.